The van der Waals surface area contributed by atoms with Crippen molar-refractivity contribution in [2.45, 2.75) is 46.6 Å². The van der Waals surface area contributed by atoms with Crippen molar-refractivity contribution in [2.75, 3.05) is 5.73 Å². The van der Waals surface area contributed by atoms with Gasteiger partial charge in [-0.2, -0.15) is 0 Å². The summed E-state index contributed by atoms with van der Waals surface area (Å²) in [6.45, 7) is 8.21. The van der Waals surface area contributed by atoms with E-state index in [0.29, 0.717) is 17.2 Å². The Balaban J connectivity index is 2.65. The number of pyridine rings is 1. The van der Waals surface area contributed by atoms with E-state index in [0.717, 1.165) is 18.5 Å². The summed E-state index contributed by atoms with van der Waals surface area (Å²) in [5, 5.41) is 2.96. The fourth-order valence-corrected chi connectivity index (χ4v) is 1.90. The first-order valence-electron chi connectivity index (χ1n) is 6.47. The second kappa shape index (κ2) is 6.38. The Bertz CT molecular complexity index is 418. The molecule has 0 saturated heterocycles. The number of aromatic nitrogens is 1. The Morgan fingerprint density at radius 2 is 2.17 bits per heavy atom. The van der Waals surface area contributed by atoms with Crippen LogP contribution >= 0.6 is 0 Å². The zero-order valence-electron chi connectivity index (χ0n) is 11.7. The van der Waals surface area contributed by atoms with Gasteiger partial charge in [0, 0.05) is 23.6 Å². The molecule has 1 heterocycles. The van der Waals surface area contributed by atoms with Crippen molar-refractivity contribution in [3.05, 3.63) is 23.5 Å². The number of carbonyl (C=O) groups excluding carboxylic acids is 1. The number of carbonyl (C=O) groups is 1. The van der Waals surface area contributed by atoms with Crippen LogP contribution in [0.25, 0.3) is 0 Å². The highest BCUT2D eigenvalue weighted by Crippen LogP contribution is 2.13. The molecule has 3 N–H and O–H groups in total. The van der Waals surface area contributed by atoms with Gasteiger partial charge in [-0.15, -0.1) is 0 Å². The zero-order valence-corrected chi connectivity index (χ0v) is 11.7. The molecular formula is C14H23N3O. The van der Waals surface area contributed by atoms with Crippen LogP contribution in [-0.4, -0.2) is 16.9 Å². The van der Waals surface area contributed by atoms with E-state index in [9.17, 15) is 4.79 Å². The van der Waals surface area contributed by atoms with Crippen LogP contribution in [0.4, 0.5) is 5.69 Å². The highest BCUT2D eigenvalue weighted by Gasteiger charge is 2.14. The molecule has 0 aliphatic carbocycles. The van der Waals surface area contributed by atoms with Crippen molar-refractivity contribution in [2.24, 2.45) is 5.92 Å². The molecule has 2 unspecified atom stereocenters. The number of amides is 1. The molecule has 0 spiro atoms. The van der Waals surface area contributed by atoms with E-state index in [1.54, 1.807) is 6.07 Å². The largest absolute Gasteiger partial charge is 0.398 e. The van der Waals surface area contributed by atoms with Crippen LogP contribution in [0.3, 0.4) is 0 Å². The molecule has 0 aliphatic heterocycles. The van der Waals surface area contributed by atoms with Gasteiger partial charge in [-0.3, -0.25) is 9.78 Å². The summed E-state index contributed by atoms with van der Waals surface area (Å²) in [5.41, 5.74) is 7.58. The Kier molecular flexibility index (Phi) is 5.13. The second-order valence-corrected chi connectivity index (χ2v) is 5.04. The van der Waals surface area contributed by atoms with Crippen molar-refractivity contribution < 1.29 is 4.79 Å². The van der Waals surface area contributed by atoms with Gasteiger partial charge in [-0.25, -0.2) is 0 Å². The molecule has 1 rings (SSSR count). The van der Waals surface area contributed by atoms with Gasteiger partial charge in [0.05, 0.1) is 5.56 Å². The fourth-order valence-electron chi connectivity index (χ4n) is 1.90. The maximum Gasteiger partial charge on any atom is 0.255 e. The highest BCUT2D eigenvalue weighted by molar-refractivity contribution is 5.98. The Labute approximate surface area is 109 Å². The Hall–Kier alpha value is -1.58. The SMILES string of the molecule is CCC(C)CC(C)NC(=O)c1cnc(C)cc1N. The molecule has 18 heavy (non-hydrogen) atoms. The minimum atomic E-state index is -0.143. The normalized spacial score (nSPS) is 14.0. The molecule has 1 aromatic heterocycles. The maximum absolute atomic E-state index is 12.0. The molecule has 2 atom stereocenters. The predicted octanol–water partition coefficient (Wildman–Crippen LogP) is 2.53. The molecule has 4 heteroatoms. The van der Waals surface area contributed by atoms with Crippen LogP contribution in [0.1, 0.15) is 49.7 Å². The summed E-state index contributed by atoms with van der Waals surface area (Å²) in [7, 11) is 0. The van der Waals surface area contributed by atoms with Crippen molar-refractivity contribution in [3.63, 3.8) is 0 Å². The zero-order chi connectivity index (χ0) is 13.7. The van der Waals surface area contributed by atoms with Crippen LogP contribution in [0.5, 0.6) is 0 Å². The molecule has 100 valence electrons. The minimum Gasteiger partial charge on any atom is -0.398 e. The summed E-state index contributed by atoms with van der Waals surface area (Å²) in [4.78, 5) is 16.1. The molecule has 0 bridgehead atoms. The lowest BCUT2D eigenvalue weighted by atomic mass is 10.00. The molecule has 0 aromatic carbocycles. The average molecular weight is 249 g/mol. The number of rotatable bonds is 5. The highest BCUT2D eigenvalue weighted by atomic mass is 16.1. The standard InChI is InChI=1S/C14H23N3O/c1-5-9(2)6-11(4)17-14(18)12-8-16-10(3)7-13(12)15/h7-9,11H,5-6H2,1-4H3,(H2,15,16)(H,17,18). The van der Waals surface area contributed by atoms with E-state index in [4.69, 9.17) is 5.73 Å². The number of hydrogen-bond acceptors (Lipinski definition) is 3. The summed E-state index contributed by atoms with van der Waals surface area (Å²) in [5.74, 6) is 0.463. The van der Waals surface area contributed by atoms with Crippen molar-refractivity contribution in [1.82, 2.24) is 10.3 Å². The van der Waals surface area contributed by atoms with Crippen LogP contribution in [0, 0.1) is 12.8 Å². The number of nitrogens with two attached hydrogens (primary N) is 1. The van der Waals surface area contributed by atoms with Gasteiger partial charge >= 0.3 is 0 Å². The first kappa shape index (κ1) is 14.5. The smallest absolute Gasteiger partial charge is 0.255 e. The number of nitrogens with one attached hydrogen (secondary N) is 1. The van der Waals surface area contributed by atoms with E-state index in [2.05, 4.69) is 24.1 Å². The predicted molar refractivity (Wildman–Crippen MR) is 74.4 cm³/mol. The molecule has 0 radical (unpaired) electrons. The molecule has 4 nitrogen and oxygen atoms in total. The van der Waals surface area contributed by atoms with Crippen molar-refractivity contribution in [3.8, 4) is 0 Å². The molecule has 1 aromatic rings. The summed E-state index contributed by atoms with van der Waals surface area (Å²) in [6.07, 6.45) is 3.63. The average Bonchev–Trinajstić information content (AvgIpc) is 2.28. The first-order chi connectivity index (χ1) is 8.43. The summed E-state index contributed by atoms with van der Waals surface area (Å²) >= 11 is 0. The monoisotopic (exact) mass is 249 g/mol. The first-order valence-corrected chi connectivity index (χ1v) is 6.47. The van der Waals surface area contributed by atoms with Crippen LogP contribution in [-0.2, 0) is 0 Å². The topological polar surface area (TPSA) is 68.0 Å². The van der Waals surface area contributed by atoms with Gasteiger partial charge in [0.25, 0.3) is 5.91 Å². The van der Waals surface area contributed by atoms with Gasteiger partial charge in [0.1, 0.15) is 0 Å². The fraction of sp³-hybridized carbons (Fsp3) is 0.571. The van der Waals surface area contributed by atoms with Gasteiger partial charge in [-0.05, 0) is 32.3 Å². The lowest BCUT2D eigenvalue weighted by Crippen LogP contribution is -2.34. The molecule has 0 fully saturated rings. The lowest BCUT2D eigenvalue weighted by Gasteiger charge is -2.18. The molecule has 0 saturated carbocycles. The van der Waals surface area contributed by atoms with Crippen LogP contribution in [0.15, 0.2) is 12.3 Å². The van der Waals surface area contributed by atoms with E-state index in [1.807, 2.05) is 13.8 Å². The van der Waals surface area contributed by atoms with E-state index < -0.39 is 0 Å². The van der Waals surface area contributed by atoms with Gasteiger partial charge in [0.2, 0.25) is 0 Å². The van der Waals surface area contributed by atoms with Gasteiger partial charge < -0.3 is 11.1 Å². The van der Waals surface area contributed by atoms with E-state index >= 15 is 0 Å². The summed E-state index contributed by atoms with van der Waals surface area (Å²) < 4.78 is 0. The third-order valence-electron chi connectivity index (χ3n) is 3.15. The molecule has 1 amide bonds. The summed E-state index contributed by atoms with van der Waals surface area (Å²) in [6, 6.07) is 1.86. The van der Waals surface area contributed by atoms with Crippen molar-refractivity contribution >= 4 is 11.6 Å². The quantitative estimate of drug-likeness (QED) is 0.842. The maximum atomic E-state index is 12.0. The number of hydrogen-bond donors (Lipinski definition) is 2. The van der Waals surface area contributed by atoms with Crippen molar-refractivity contribution in [1.29, 1.82) is 0 Å². The third-order valence-corrected chi connectivity index (χ3v) is 3.15. The van der Waals surface area contributed by atoms with Crippen LogP contribution in [0.2, 0.25) is 0 Å². The Morgan fingerprint density at radius 3 is 2.72 bits per heavy atom. The third kappa shape index (κ3) is 4.02. The minimum absolute atomic E-state index is 0.143. The van der Waals surface area contributed by atoms with E-state index in [-0.39, 0.29) is 11.9 Å². The Morgan fingerprint density at radius 1 is 1.50 bits per heavy atom. The number of nitrogen functional groups attached to an aromatic ring is 1. The molecular weight excluding hydrogens is 226 g/mol. The number of nitrogens with zero attached hydrogens (tertiary/aromatic N) is 1. The second-order valence-electron chi connectivity index (χ2n) is 5.04. The van der Waals surface area contributed by atoms with Gasteiger partial charge in [0.15, 0.2) is 0 Å². The lowest BCUT2D eigenvalue weighted by molar-refractivity contribution is 0.0936. The van der Waals surface area contributed by atoms with Crippen LogP contribution < -0.4 is 11.1 Å². The number of aryl methyl sites for hydroxylation is 1. The molecule has 0 aliphatic rings. The van der Waals surface area contributed by atoms with E-state index in [1.165, 1.54) is 6.20 Å². The number of anilines is 1. The van der Waals surface area contributed by atoms with Gasteiger partial charge in [-0.1, -0.05) is 20.3 Å².